The van der Waals surface area contributed by atoms with Crippen LogP contribution in [0.25, 0.3) is 22.7 Å². The normalized spacial score (nSPS) is 14.6. The lowest BCUT2D eigenvalue weighted by atomic mass is 9.93. The number of rotatable bonds is 9. The molecule has 0 radical (unpaired) electrons. The summed E-state index contributed by atoms with van der Waals surface area (Å²) in [4.78, 5) is 33.8. The van der Waals surface area contributed by atoms with E-state index in [-0.39, 0.29) is 12.2 Å². The Kier molecular flexibility index (Phi) is 8.97. The van der Waals surface area contributed by atoms with E-state index in [1.165, 1.54) is 16.9 Å². The van der Waals surface area contributed by atoms with Crippen molar-refractivity contribution in [3.8, 4) is 5.75 Å². The molecular formula is C39H32BrN3O4S. The number of thiazole rings is 1. The molecule has 0 bridgehead atoms. The molecule has 3 heterocycles. The Morgan fingerprint density at radius 1 is 0.917 bits per heavy atom. The molecule has 0 aliphatic carbocycles. The first kappa shape index (κ1) is 31.6. The highest BCUT2D eigenvalue weighted by atomic mass is 79.9. The zero-order valence-corrected chi connectivity index (χ0v) is 28.8. The molecule has 0 spiro atoms. The highest BCUT2D eigenvalue weighted by Crippen LogP contribution is 2.36. The quantitative estimate of drug-likeness (QED) is 0.150. The Morgan fingerprint density at radius 3 is 2.38 bits per heavy atom. The average Bonchev–Trinajstić information content (AvgIpc) is 3.61. The van der Waals surface area contributed by atoms with Crippen LogP contribution >= 0.6 is 27.3 Å². The fourth-order valence-electron chi connectivity index (χ4n) is 6.12. The first-order chi connectivity index (χ1) is 23.4. The minimum Gasteiger partial charge on any atom is -0.494 e. The third kappa shape index (κ3) is 6.07. The van der Waals surface area contributed by atoms with Gasteiger partial charge in [0, 0.05) is 39.2 Å². The standard InChI is InChI=1S/C39H32BrN3O4S/c1-3-46-30-20-16-27(17-21-30)36-34(38(45)47-4-2)35(26-10-6-5-7-11-26)41-39-43(36)37(44)33(48-39)22-28-24-42(32-13-9-8-12-31(28)32)23-25-14-18-29(40)19-15-25/h5-22,24,36H,3-4,23H2,1-2H3/b33-22+/t36-/m0/s1. The highest BCUT2D eigenvalue weighted by Gasteiger charge is 2.35. The summed E-state index contributed by atoms with van der Waals surface area (Å²) in [7, 11) is 0. The second-order valence-electron chi connectivity index (χ2n) is 11.3. The fraction of sp³-hybridized carbons (Fsp3) is 0.154. The minimum atomic E-state index is -0.757. The molecule has 1 atom stereocenters. The van der Waals surface area contributed by atoms with E-state index in [1.54, 1.807) is 11.5 Å². The monoisotopic (exact) mass is 717 g/mol. The Labute approximate surface area is 289 Å². The maximum absolute atomic E-state index is 14.5. The number of ether oxygens (including phenoxy) is 2. The number of benzene rings is 4. The van der Waals surface area contributed by atoms with Crippen molar-refractivity contribution in [2.75, 3.05) is 13.2 Å². The summed E-state index contributed by atoms with van der Waals surface area (Å²) in [6.45, 7) is 5.10. The van der Waals surface area contributed by atoms with Gasteiger partial charge in [0.25, 0.3) is 5.56 Å². The second kappa shape index (κ2) is 13.6. The number of nitrogens with zero attached hydrogens (tertiary/aromatic N) is 3. The van der Waals surface area contributed by atoms with E-state index in [2.05, 4.69) is 51.0 Å². The van der Waals surface area contributed by atoms with Crippen LogP contribution < -0.4 is 19.6 Å². The van der Waals surface area contributed by atoms with Crippen LogP contribution in [0.1, 0.15) is 42.1 Å². The van der Waals surface area contributed by atoms with Crippen LogP contribution in [0.2, 0.25) is 0 Å². The Bertz CT molecular complexity index is 2340. The Balaban J connectivity index is 1.43. The number of hydrogen-bond acceptors (Lipinski definition) is 6. The van der Waals surface area contributed by atoms with Crippen LogP contribution in [0.3, 0.4) is 0 Å². The van der Waals surface area contributed by atoms with Crippen LogP contribution in [0.4, 0.5) is 0 Å². The van der Waals surface area contributed by atoms with Crippen LogP contribution in [0.15, 0.2) is 129 Å². The topological polar surface area (TPSA) is 74.8 Å². The van der Waals surface area contributed by atoms with Gasteiger partial charge in [-0.05, 0) is 61.4 Å². The van der Waals surface area contributed by atoms with Gasteiger partial charge in [0.1, 0.15) is 5.75 Å². The molecular weight excluding hydrogens is 686 g/mol. The van der Waals surface area contributed by atoms with Crippen molar-refractivity contribution in [1.29, 1.82) is 0 Å². The van der Waals surface area contributed by atoms with Crippen molar-refractivity contribution in [2.45, 2.75) is 26.4 Å². The number of para-hydroxylation sites is 1. The van der Waals surface area contributed by atoms with Gasteiger partial charge < -0.3 is 14.0 Å². The highest BCUT2D eigenvalue weighted by molar-refractivity contribution is 9.10. The molecule has 0 saturated carbocycles. The van der Waals surface area contributed by atoms with Crippen molar-refractivity contribution in [3.63, 3.8) is 0 Å². The Hall–Kier alpha value is -4.99. The van der Waals surface area contributed by atoms with Gasteiger partial charge in [-0.2, -0.15) is 0 Å². The zero-order valence-electron chi connectivity index (χ0n) is 26.4. The van der Waals surface area contributed by atoms with Crippen molar-refractivity contribution in [1.82, 2.24) is 9.13 Å². The van der Waals surface area contributed by atoms with Gasteiger partial charge in [0.15, 0.2) is 4.80 Å². The number of aromatic nitrogens is 2. The number of hydrogen-bond donors (Lipinski definition) is 0. The summed E-state index contributed by atoms with van der Waals surface area (Å²) in [5.74, 6) is 0.197. The van der Waals surface area contributed by atoms with Gasteiger partial charge in [-0.15, -0.1) is 0 Å². The molecule has 2 aromatic heterocycles. The zero-order chi connectivity index (χ0) is 33.2. The summed E-state index contributed by atoms with van der Waals surface area (Å²) in [5, 5.41) is 1.04. The van der Waals surface area contributed by atoms with Gasteiger partial charge in [-0.1, -0.05) is 100 Å². The van der Waals surface area contributed by atoms with E-state index in [9.17, 15) is 9.59 Å². The van der Waals surface area contributed by atoms with Crippen LogP contribution in [0.5, 0.6) is 5.75 Å². The number of halogens is 1. The van der Waals surface area contributed by atoms with Crippen molar-refractivity contribution < 1.29 is 14.3 Å². The SMILES string of the molecule is CCOC(=O)C1=C(c2ccccc2)N=c2s/c(=C/c3cn(Cc4ccc(Br)cc4)c4ccccc34)c(=O)n2[C@H]1c1ccc(OCC)cc1. The third-order valence-corrected chi connectivity index (χ3v) is 9.76. The molecule has 4 aromatic carbocycles. The molecule has 6 aromatic rings. The molecule has 0 unspecified atom stereocenters. The molecule has 7 rings (SSSR count). The van der Waals surface area contributed by atoms with E-state index in [0.717, 1.165) is 32.1 Å². The number of esters is 1. The van der Waals surface area contributed by atoms with Crippen molar-refractivity contribution >= 4 is 55.9 Å². The lowest BCUT2D eigenvalue weighted by Crippen LogP contribution is -2.40. The molecule has 0 saturated heterocycles. The van der Waals surface area contributed by atoms with E-state index < -0.39 is 12.0 Å². The number of carbonyl (C=O) groups excluding carboxylic acids is 1. The minimum absolute atomic E-state index is 0.190. The molecule has 7 nitrogen and oxygen atoms in total. The maximum Gasteiger partial charge on any atom is 0.338 e. The molecule has 1 aliphatic heterocycles. The fourth-order valence-corrected chi connectivity index (χ4v) is 7.37. The Morgan fingerprint density at radius 2 is 1.65 bits per heavy atom. The summed E-state index contributed by atoms with van der Waals surface area (Å²) >= 11 is 4.84. The first-order valence-corrected chi connectivity index (χ1v) is 17.4. The lowest BCUT2D eigenvalue weighted by molar-refractivity contribution is -0.138. The molecule has 0 N–H and O–H groups in total. The molecule has 0 fully saturated rings. The van der Waals surface area contributed by atoms with E-state index in [0.29, 0.717) is 39.5 Å². The van der Waals surface area contributed by atoms with Gasteiger partial charge in [-0.25, -0.2) is 9.79 Å². The molecule has 9 heteroatoms. The van der Waals surface area contributed by atoms with Gasteiger partial charge in [0.05, 0.1) is 35.1 Å². The molecule has 48 heavy (non-hydrogen) atoms. The van der Waals surface area contributed by atoms with Crippen molar-refractivity contribution in [3.05, 3.63) is 161 Å². The number of fused-ring (bicyclic) bond motifs is 2. The van der Waals surface area contributed by atoms with Gasteiger partial charge >= 0.3 is 5.97 Å². The molecule has 0 amide bonds. The van der Waals surface area contributed by atoms with Crippen LogP contribution in [-0.2, 0) is 16.1 Å². The van der Waals surface area contributed by atoms with Gasteiger partial charge in [-0.3, -0.25) is 9.36 Å². The smallest absolute Gasteiger partial charge is 0.338 e. The average molecular weight is 719 g/mol. The third-order valence-electron chi connectivity index (χ3n) is 8.25. The second-order valence-corrected chi connectivity index (χ2v) is 13.2. The summed E-state index contributed by atoms with van der Waals surface area (Å²) in [6.07, 6.45) is 4.03. The largest absolute Gasteiger partial charge is 0.494 e. The summed E-state index contributed by atoms with van der Waals surface area (Å²) in [6, 6.07) is 32.8. The lowest BCUT2D eigenvalue weighted by Gasteiger charge is -2.26. The summed E-state index contributed by atoms with van der Waals surface area (Å²) < 4.78 is 16.7. The van der Waals surface area contributed by atoms with Gasteiger partial charge in [0.2, 0.25) is 0 Å². The van der Waals surface area contributed by atoms with Crippen LogP contribution in [-0.4, -0.2) is 28.3 Å². The van der Waals surface area contributed by atoms with Crippen LogP contribution in [0, 0.1) is 0 Å². The van der Waals surface area contributed by atoms with Crippen molar-refractivity contribution in [2.24, 2.45) is 4.99 Å². The predicted octanol–water partition coefficient (Wildman–Crippen LogP) is 7.10. The first-order valence-electron chi connectivity index (χ1n) is 15.8. The van der Waals surface area contributed by atoms with E-state index >= 15 is 0 Å². The van der Waals surface area contributed by atoms with E-state index in [4.69, 9.17) is 14.5 Å². The number of carbonyl (C=O) groups is 1. The molecule has 240 valence electrons. The predicted molar refractivity (Wildman–Crippen MR) is 194 cm³/mol. The summed E-state index contributed by atoms with van der Waals surface area (Å²) in [5.41, 5.74) is 5.27. The maximum atomic E-state index is 14.5. The van der Waals surface area contributed by atoms with E-state index in [1.807, 2.05) is 91.9 Å². The molecule has 1 aliphatic rings.